The summed E-state index contributed by atoms with van der Waals surface area (Å²) in [6, 6.07) is 0. The van der Waals surface area contributed by atoms with Gasteiger partial charge in [0.15, 0.2) is 11.5 Å². The number of methoxy groups -OCH3 is 1. The molecular weight excluding hydrogens is 218 g/mol. The molecule has 0 amide bonds. The van der Waals surface area contributed by atoms with E-state index in [1.807, 2.05) is 0 Å². The van der Waals surface area contributed by atoms with Crippen LogP contribution in [0.3, 0.4) is 0 Å². The van der Waals surface area contributed by atoms with Crippen molar-refractivity contribution < 1.29 is 14.3 Å². The zero-order valence-corrected chi connectivity index (χ0v) is 10.0. The van der Waals surface area contributed by atoms with Crippen molar-refractivity contribution in [3.05, 3.63) is 47.0 Å². The Kier molecular flexibility index (Phi) is 2.50. The molecule has 88 valence electrons. The molecule has 0 saturated heterocycles. The van der Waals surface area contributed by atoms with E-state index < -0.39 is 0 Å². The second-order valence-corrected chi connectivity index (χ2v) is 4.02. The van der Waals surface area contributed by atoms with Crippen LogP contribution in [0.1, 0.15) is 6.92 Å². The predicted octanol–water partition coefficient (Wildman–Crippen LogP) is 1.33. The minimum Gasteiger partial charge on any atom is -0.492 e. The number of ether oxygens (including phenoxy) is 1. The van der Waals surface area contributed by atoms with Crippen LogP contribution in [0.5, 0.6) is 0 Å². The summed E-state index contributed by atoms with van der Waals surface area (Å²) >= 11 is 0. The quantitative estimate of drug-likeness (QED) is 0.683. The van der Waals surface area contributed by atoms with E-state index in [2.05, 4.69) is 6.58 Å². The van der Waals surface area contributed by atoms with Crippen LogP contribution < -0.4 is 0 Å². The number of nitrogens with zero attached hydrogens (tertiary/aromatic N) is 1. The van der Waals surface area contributed by atoms with Crippen molar-refractivity contribution in [1.82, 2.24) is 4.90 Å². The molecule has 0 aromatic carbocycles. The van der Waals surface area contributed by atoms with Gasteiger partial charge in [-0.1, -0.05) is 6.58 Å². The van der Waals surface area contributed by atoms with E-state index >= 15 is 0 Å². The highest BCUT2D eigenvalue weighted by Crippen LogP contribution is 2.32. The number of allylic oxidation sites excluding steroid dienone is 4. The first kappa shape index (κ1) is 11.4. The summed E-state index contributed by atoms with van der Waals surface area (Å²) < 4.78 is 5.00. The molecule has 1 aliphatic carbocycles. The van der Waals surface area contributed by atoms with Crippen molar-refractivity contribution in [2.24, 2.45) is 0 Å². The van der Waals surface area contributed by atoms with Crippen LogP contribution in [-0.4, -0.2) is 30.6 Å². The third-order valence-corrected chi connectivity index (χ3v) is 2.96. The molecular formula is C13H13NO3. The van der Waals surface area contributed by atoms with Crippen LogP contribution in [0.2, 0.25) is 0 Å². The van der Waals surface area contributed by atoms with Crippen LogP contribution in [0, 0.1) is 0 Å². The average molecular weight is 231 g/mol. The van der Waals surface area contributed by atoms with Crippen LogP contribution in [0.4, 0.5) is 0 Å². The summed E-state index contributed by atoms with van der Waals surface area (Å²) in [5.41, 5.74) is 1.79. The number of rotatable bonds is 1. The number of carbonyl (C=O) groups is 2. The van der Waals surface area contributed by atoms with Crippen molar-refractivity contribution in [3.8, 4) is 0 Å². The van der Waals surface area contributed by atoms with Crippen LogP contribution >= 0.6 is 0 Å². The van der Waals surface area contributed by atoms with Gasteiger partial charge in [-0.25, -0.2) is 0 Å². The minimum absolute atomic E-state index is 0.124. The molecule has 0 aromatic rings. The summed E-state index contributed by atoms with van der Waals surface area (Å²) in [4.78, 5) is 25.9. The van der Waals surface area contributed by atoms with Crippen LogP contribution in [-0.2, 0) is 14.3 Å². The van der Waals surface area contributed by atoms with Crippen molar-refractivity contribution >= 4 is 11.6 Å². The van der Waals surface area contributed by atoms with Gasteiger partial charge in [-0.2, -0.15) is 0 Å². The fourth-order valence-corrected chi connectivity index (χ4v) is 1.90. The van der Waals surface area contributed by atoms with Gasteiger partial charge < -0.3 is 9.64 Å². The predicted molar refractivity (Wildman–Crippen MR) is 62.8 cm³/mol. The molecule has 0 aromatic heterocycles. The molecule has 1 heterocycles. The Bertz CT molecular complexity index is 535. The van der Waals surface area contributed by atoms with Crippen molar-refractivity contribution in [2.75, 3.05) is 14.2 Å². The van der Waals surface area contributed by atoms with Gasteiger partial charge in [-0.05, 0) is 13.0 Å². The standard InChI is InChI=1S/C13H13NO3/c1-7-5-9-10(6-14(7)3)12(16)13(17-4)8(2)11(9)15/h5-6H,1H2,2-4H3. The second kappa shape index (κ2) is 3.73. The molecule has 0 N–H and O–H groups in total. The molecule has 1 aliphatic heterocycles. The Morgan fingerprint density at radius 3 is 2.47 bits per heavy atom. The highest BCUT2D eigenvalue weighted by atomic mass is 16.5. The summed E-state index contributed by atoms with van der Waals surface area (Å²) in [5.74, 6) is -0.309. The average Bonchev–Trinajstić information content (AvgIpc) is 2.30. The summed E-state index contributed by atoms with van der Waals surface area (Å²) in [5, 5.41) is 0. The monoisotopic (exact) mass is 231 g/mol. The minimum atomic E-state index is -0.254. The van der Waals surface area contributed by atoms with E-state index in [1.54, 1.807) is 31.1 Å². The zero-order chi connectivity index (χ0) is 12.7. The number of likely N-dealkylation sites (N-methyl/N-ethyl adjacent to an activating group) is 1. The van der Waals surface area contributed by atoms with Gasteiger partial charge in [0, 0.05) is 30.1 Å². The number of hydrogen-bond acceptors (Lipinski definition) is 4. The normalized spacial score (nSPS) is 20.2. The highest BCUT2D eigenvalue weighted by molar-refractivity contribution is 6.28. The van der Waals surface area contributed by atoms with Gasteiger partial charge in [0.1, 0.15) is 0 Å². The molecule has 0 fully saturated rings. The molecule has 0 unspecified atom stereocenters. The van der Waals surface area contributed by atoms with Gasteiger partial charge in [0.25, 0.3) is 0 Å². The summed E-state index contributed by atoms with van der Waals surface area (Å²) in [6.45, 7) is 5.40. The number of carbonyl (C=O) groups excluding carboxylic acids is 2. The summed E-state index contributed by atoms with van der Waals surface area (Å²) in [7, 11) is 3.17. The van der Waals surface area contributed by atoms with Gasteiger partial charge in [0.05, 0.1) is 12.7 Å². The largest absolute Gasteiger partial charge is 0.492 e. The number of fused-ring (bicyclic) bond motifs is 1. The lowest BCUT2D eigenvalue weighted by atomic mass is 9.85. The van der Waals surface area contributed by atoms with E-state index in [0.717, 1.165) is 0 Å². The fourth-order valence-electron chi connectivity index (χ4n) is 1.90. The smallest absolute Gasteiger partial charge is 0.230 e. The lowest BCUT2D eigenvalue weighted by molar-refractivity contribution is -0.119. The third kappa shape index (κ3) is 1.53. The van der Waals surface area contributed by atoms with E-state index in [9.17, 15) is 9.59 Å². The van der Waals surface area contributed by atoms with Crippen LogP contribution in [0.15, 0.2) is 47.0 Å². The number of ketones is 2. The molecule has 2 rings (SSSR count). The topological polar surface area (TPSA) is 46.6 Å². The second-order valence-electron chi connectivity index (χ2n) is 4.02. The van der Waals surface area contributed by atoms with E-state index in [0.29, 0.717) is 22.4 Å². The highest BCUT2D eigenvalue weighted by Gasteiger charge is 2.35. The molecule has 0 radical (unpaired) electrons. The number of hydrogen-bond donors (Lipinski definition) is 0. The van der Waals surface area contributed by atoms with E-state index in [4.69, 9.17) is 4.74 Å². The number of Topliss-reactive ketones (excluding diaryl/α,β-unsaturated/α-hetero) is 2. The molecule has 0 atom stereocenters. The Morgan fingerprint density at radius 2 is 1.88 bits per heavy atom. The summed E-state index contributed by atoms with van der Waals surface area (Å²) in [6.07, 6.45) is 3.24. The lowest BCUT2D eigenvalue weighted by Gasteiger charge is -2.27. The third-order valence-electron chi connectivity index (χ3n) is 2.96. The molecule has 0 bridgehead atoms. The van der Waals surface area contributed by atoms with E-state index in [1.165, 1.54) is 7.11 Å². The van der Waals surface area contributed by atoms with Gasteiger partial charge in [0.2, 0.25) is 5.78 Å². The Balaban J connectivity index is 2.64. The molecule has 0 saturated carbocycles. The van der Waals surface area contributed by atoms with Gasteiger partial charge in [-0.3, -0.25) is 9.59 Å². The van der Waals surface area contributed by atoms with Gasteiger partial charge in [-0.15, -0.1) is 0 Å². The first-order chi connectivity index (χ1) is 7.97. The zero-order valence-electron chi connectivity index (χ0n) is 10.0. The maximum atomic E-state index is 12.1. The molecule has 17 heavy (non-hydrogen) atoms. The Hall–Kier alpha value is -2.10. The Labute approximate surface area is 99.5 Å². The molecule has 0 spiro atoms. The van der Waals surface area contributed by atoms with E-state index in [-0.39, 0.29) is 17.3 Å². The van der Waals surface area contributed by atoms with Crippen LogP contribution in [0.25, 0.3) is 0 Å². The fraction of sp³-hybridized carbons (Fsp3) is 0.231. The Morgan fingerprint density at radius 1 is 1.24 bits per heavy atom. The first-order valence-corrected chi connectivity index (χ1v) is 5.17. The lowest BCUT2D eigenvalue weighted by Crippen LogP contribution is -2.29. The van der Waals surface area contributed by atoms with Crippen molar-refractivity contribution in [1.29, 1.82) is 0 Å². The maximum absolute atomic E-state index is 12.1. The van der Waals surface area contributed by atoms with Crippen molar-refractivity contribution in [2.45, 2.75) is 6.92 Å². The van der Waals surface area contributed by atoms with Gasteiger partial charge >= 0.3 is 0 Å². The molecule has 4 nitrogen and oxygen atoms in total. The molecule has 4 heteroatoms. The first-order valence-electron chi connectivity index (χ1n) is 5.17. The van der Waals surface area contributed by atoms with Crippen molar-refractivity contribution in [3.63, 3.8) is 0 Å². The molecule has 2 aliphatic rings. The SMILES string of the molecule is C=C1C=C2C(=O)C(C)=C(OC)C(=O)C2=CN1C. The maximum Gasteiger partial charge on any atom is 0.230 e.